The van der Waals surface area contributed by atoms with Gasteiger partial charge in [-0.3, -0.25) is 0 Å². The molecule has 17 heavy (non-hydrogen) atoms. The van der Waals surface area contributed by atoms with Gasteiger partial charge in [-0.15, -0.1) is 0 Å². The third kappa shape index (κ3) is 3.32. The topological polar surface area (TPSA) is 9.23 Å². The normalized spacial score (nSPS) is 12.7. The van der Waals surface area contributed by atoms with Crippen molar-refractivity contribution in [3.8, 4) is 5.75 Å². The average Bonchev–Trinajstić information content (AvgIpc) is 2.11. The second-order valence-electron chi connectivity index (χ2n) is 5.90. The number of halogens is 2. The van der Waals surface area contributed by atoms with Crippen LogP contribution in [-0.4, -0.2) is 8.32 Å². The van der Waals surface area contributed by atoms with Crippen molar-refractivity contribution in [3.05, 3.63) is 28.0 Å². The Morgan fingerprint density at radius 1 is 1.24 bits per heavy atom. The highest BCUT2D eigenvalue weighted by atomic mass is 79.9. The van der Waals surface area contributed by atoms with Crippen molar-refractivity contribution >= 4 is 24.2 Å². The first kappa shape index (κ1) is 14.7. The predicted octanol–water partition coefficient (Wildman–Crippen LogP) is 5.28. The molecular formula is C13H20BrFOSi. The summed E-state index contributed by atoms with van der Waals surface area (Å²) in [5.41, 5.74) is 0.860. The number of rotatable bonds is 2. The molecule has 96 valence electrons. The van der Waals surface area contributed by atoms with Gasteiger partial charge in [0, 0.05) is 6.07 Å². The third-order valence-electron chi connectivity index (χ3n) is 3.36. The minimum Gasteiger partial charge on any atom is -0.543 e. The minimum absolute atomic E-state index is 0.104. The monoisotopic (exact) mass is 318 g/mol. The van der Waals surface area contributed by atoms with Crippen LogP contribution >= 0.6 is 15.9 Å². The van der Waals surface area contributed by atoms with Gasteiger partial charge in [-0.1, -0.05) is 20.8 Å². The van der Waals surface area contributed by atoms with Gasteiger partial charge < -0.3 is 4.43 Å². The molecule has 0 aliphatic carbocycles. The first-order valence-corrected chi connectivity index (χ1v) is 9.39. The molecule has 0 heterocycles. The van der Waals surface area contributed by atoms with Crippen molar-refractivity contribution in [2.75, 3.05) is 0 Å². The van der Waals surface area contributed by atoms with Gasteiger partial charge in [-0.25, -0.2) is 4.39 Å². The SMILES string of the molecule is Cc1cc(F)cc(O[Si](C)(C)C(C)(C)C)c1Br. The summed E-state index contributed by atoms with van der Waals surface area (Å²) in [5.74, 6) is 0.369. The zero-order valence-electron chi connectivity index (χ0n) is 11.3. The molecule has 0 spiro atoms. The molecule has 0 N–H and O–H groups in total. The maximum Gasteiger partial charge on any atom is 0.250 e. The van der Waals surface area contributed by atoms with E-state index in [1.807, 2.05) is 6.92 Å². The lowest BCUT2D eigenvalue weighted by Crippen LogP contribution is -2.44. The number of hydrogen-bond acceptors (Lipinski definition) is 1. The van der Waals surface area contributed by atoms with Gasteiger partial charge in [0.05, 0.1) is 4.47 Å². The van der Waals surface area contributed by atoms with Crippen molar-refractivity contribution in [1.29, 1.82) is 0 Å². The molecule has 0 atom stereocenters. The molecule has 0 fully saturated rings. The fraction of sp³-hybridized carbons (Fsp3) is 0.538. The smallest absolute Gasteiger partial charge is 0.250 e. The summed E-state index contributed by atoms with van der Waals surface area (Å²) in [6, 6.07) is 2.96. The summed E-state index contributed by atoms with van der Waals surface area (Å²) in [6.07, 6.45) is 0. The largest absolute Gasteiger partial charge is 0.543 e. The van der Waals surface area contributed by atoms with Gasteiger partial charge in [0.1, 0.15) is 11.6 Å². The molecule has 0 aliphatic heterocycles. The van der Waals surface area contributed by atoms with Crippen LogP contribution in [-0.2, 0) is 0 Å². The van der Waals surface area contributed by atoms with Crippen LogP contribution in [0.15, 0.2) is 16.6 Å². The van der Waals surface area contributed by atoms with Gasteiger partial charge in [0.2, 0.25) is 0 Å². The molecule has 0 saturated carbocycles. The van der Waals surface area contributed by atoms with Crippen LogP contribution < -0.4 is 4.43 Å². The number of aryl methyl sites for hydroxylation is 1. The highest BCUT2D eigenvalue weighted by Crippen LogP contribution is 2.40. The summed E-state index contributed by atoms with van der Waals surface area (Å²) in [7, 11) is -1.92. The Kier molecular flexibility index (Phi) is 4.09. The third-order valence-corrected chi connectivity index (χ3v) is 8.72. The average molecular weight is 319 g/mol. The minimum atomic E-state index is -1.92. The second-order valence-corrected chi connectivity index (χ2v) is 11.4. The highest BCUT2D eigenvalue weighted by molar-refractivity contribution is 9.10. The fourth-order valence-electron chi connectivity index (χ4n) is 1.20. The Morgan fingerprint density at radius 3 is 2.24 bits per heavy atom. The van der Waals surface area contributed by atoms with Crippen molar-refractivity contribution in [3.63, 3.8) is 0 Å². The Balaban J connectivity index is 3.12. The summed E-state index contributed by atoms with van der Waals surface area (Å²) in [5, 5.41) is 0.104. The molecule has 0 bridgehead atoms. The summed E-state index contributed by atoms with van der Waals surface area (Å²) >= 11 is 3.46. The maximum absolute atomic E-state index is 13.4. The predicted molar refractivity (Wildman–Crippen MR) is 76.7 cm³/mol. The quantitative estimate of drug-likeness (QED) is 0.674. The molecule has 1 aromatic rings. The lowest BCUT2D eigenvalue weighted by atomic mass is 10.2. The van der Waals surface area contributed by atoms with E-state index in [0.29, 0.717) is 5.75 Å². The Morgan fingerprint density at radius 2 is 1.76 bits per heavy atom. The number of hydrogen-bond donors (Lipinski definition) is 0. The molecule has 0 radical (unpaired) electrons. The zero-order valence-corrected chi connectivity index (χ0v) is 13.9. The number of benzene rings is 1. The van der Waals surface area contributed by atoms with E-state index >= 15 is 0 Å². The summed E-state index contributed by atoms with van der Waals surface area (Å²) in [6.45, 7) is 12.7. The Hall–Kier alpha value is -0.353. The lowest BCUT2D eigenvalue weighted by Gasteiger charge is -2.36. The van der Waals surface area contributed by atoms with E-state index < -0.39 is 8.32 Å². The molecule has 1 rings (SSSR count). The molecule has 1 nitrogen and oxygen atoms in total. The molecule has 4 heteroatoms. The van der Waals surface area contributed by atoms with E-state index in [-0.39, 0.29) is 10.9 Å². The van der Waals surface area contributed by atoms with Crippen LogP contribution in [0.25, 0.3) is 0 Å². The van der Waals surface area contributed by atoms with Gasteiger partial charge >= 0.3 is 0 Å². The fourth-order valence-corrected chi connectivity index (χ4v) is 2.67. The van der Waals surface area contributed by atoms with Crippen molar-refractivity contribution < 1.29 is 8.82 Å². The molecule has 0 unspecified atom stereocenters. The van der Waals surface area contributed by atoms with Crippen LogP contribution in [0.5, 0.6) is 5.75 Å². The van der Waals surface area contributed by atoms with Crippen molar-refractivity contribution in [2.24, 2.45) is 0 Å². The van der Waals surface area contributed by atoms with E-state index in [1.54, 1.807) is 0 Å². The summed E-state index contributed by atoms with van der Waals surface area (Å²) < 4.78 is 20.4. The first-order chi connectivity index (χ1) is 7.54. The highest BCUT2D eigenvalue weighted by Gasteiger charge is 2.39. The van der Waals surface area contributed by atoms with Gasteiger partial charge in [0.15, 0.2) is 0 Å². The molecule has 1 aromatic carbocycles. The van der Waals surface area contributed by atoms with Crippen LogP contribution in [0.2, 0.25) is 18.1 Å². The van der Waals surface area contributed by atoms with Gasteiger partial charge in [-0.2, -0.15) is 0 Å². The maximum atomic E-state index is 13.4. The standard InChI is InChI=1S/C13H20BrFOSi/c1-9-7-10(15)8-11(12(9)14)16-17(5,6)13(2,3)4/h7-8H,1-6H3. The second kappa shape index (κ2) is 4.73. The Labute approximate surface area is 113 Å². The van der Waals surface area contributed by atoms with Crippen molar-refractivity contribution in [2.45, 2.75) is 45.8 Å². The van der Waals surface area contributed by atoms with Crippen LogP contribution in [0.3, 0.4) is 0 Å². The molecule has 0 saturated heterocycles. The zero-order chi connectivity index (χ0) is 13.4. The van der Waals surface area contributed by atoms with Gasteiger partial charge in [-0.05, 0) is 52.6 Å². The molecular weight excluding hydrogens is 299 g/mol. The van der Waals surface area contributed by atoms with E-state index in [0.717, 1.165) is 10.0 Å². The van der Waals surface area contributed by atoms with E-state index in [2.05, 4.69) is 49.8 Å². The Bertz CT molecular complexity index is 424. The molecule has 0 aliphatic rings. The van der Waals surface area contributed by atoms with Crippen molar-refractivity contribution in [1.82, 2.24) is 0 Å². The van der Waals surface area contributed by atoms with E-state index in [9.17, 15) is 4.39 Å². The molecule has 0 aromatic heterocycles. The molecule has 0 amide bonds. The first-order valence-electron chi connectivity index (χ1n) is 5.69. The lowest BCUT2D eigenvalue weighted by molar-refractivity contribution is 0.484. The van der Waals surface area contributed by atoms with Crippen LogP contribution in [0.4, 0.5) is 4.39 Å². The van der Waals surface area contributed by atoms with E-state index in [1.165, 1.54) is 12.1 Å². The van der Waals surface area contributed by atoms with Crippen LogP contribution in [0.1, 0.15) is 26.3 Å². The summed E-state index contributed by atoms with van der Waals surface area (Å²) in [4.78, 5) is 0. The van der Waals surface area contributed by atoms with E-state index in [4.69, 9.17) is 4.43 Å². The van der Waals surface area contributed by atoms with Gasteiger partial charge in [0.25, 0.3) is 8.32 Å². The van der Waals surface area contributed by atoms with Crippen LogP contribution in [0, 0.1) is 12.7 Å².